The van der Waals surface area contributed by atoms with E-state index >= 15 is 0 Å². The Balaban J connectivity index is 2.03. The number of halogens is 1. The maximum atomic E-state index is 13.0. The third-order valence-corrected chi connectivity index (χ3v) is 4.32. The average Bonchev–Trinajstić information content (AvgIpc) is 2.97. The van der Waals surface area contributed by atoms with Crippen molar-refractivity contribution in [3.63, 3.8) is 0 Å². The van der Waals surface area contributed by atoms with Gasteiger partial charge in [0, 0.05) is 23.5 Å². The second kappa shape index (κ2) is 5.40. The number of aromatic amines is 1. The van der Waals surface area contributed by atoms with Crippen LogP contribution in [0.4, 0.5) is 4.39 Å². The third-order valence-electron chi connectivity index (χ3n) is 3.39. The van der Waals surface area contributed by atoms with Crippen molar-refractivity contribution < 1.29 is 12.8 Å². The third kappa shape index (κ3) is 2.79. The number of rotatable bonds is 3. The van der Waals surface area contributed by atoms with E-state index in [4.69, 9.17) is 5.14 Å². The Bertz CT molecular complexity index is 898. The van der Waals surface area contributed by atoms with Crippen molar-refractivity contribution in [2.24, 2.45) is 5.14 Å². The van der Waals surface area contributed by atoms with E-state index in [-0.39, 0.29) is 10.7 Å². The molecule has 3 aromatic rings. The van der Waals surface area contributed by atoms with Crippen LogP contribution in [0.2, 0.25) is 0 Å². The van der Waals surface area contributed by atoms with Gasteiger partial charge in [0.05, 0.1) is 4.90 Å². The predicted octanol–water partition coefficient (Wildman–Crippen LogP) is 3.14. The molecule has 0 radical (unpaired) electrons. The number of nitrogens with two attached hydrogens (primary N) is 1. The first kappa shape index (κ1) is 14.5. The fourth-order valence-electron chi connectivity index (χ4n) is 2.30. The molecule has 0 unspecified atom stereocenters. The van der Waals surface area contributed by atoms with Crippen molar-refractivity contribution in [1.82, 2.24) is 4.98 Å². The molecule has 3 N–H and O–H groups in total. The number of primary sulfonamides is 1. The van der Waals surface area contributed by atoms with Crippen molar-refractivity contribution in [3.8, 4) is 22.3 Å². The Labute approximate surface area is 127 Å². The van der Waals surface area contributed by atoms with Gasteiger partial charge in [-0.15, -0.1) is 0 Å². The van der Waals surface area contributed by atoms with Gasteiger partial charge in [-0.3, -0.25) is 0 Å². The van der Waals surface area contributed by atoms with E-state index in [0.29, 0.717) is 0 Å². The number of nitrogens with one attached hydrogen (secondary N) is 1. The SMILES string of the molecule is NS(=O)(=O)c1ccc(-c2c[nH]cc2-c2ccc(F)cc2)cc1. The quantitative estimate of drug-likeness (QED) is 0.779. The lowest BCUT2D eigenvalue weighted by atomic mass is 9.99. The van der Waals surface area contributed by atoms with Gasteiger partial charge in [0.25, 0.3) is 0 Å². The van der Waals surface area contributed by atoms with Crippen LogP contribution in [0.15, 0.2) is 65.8 Å². The molecule has 3 rings (SSSR count). The lowest BCUT2D eigenvalue weighted by Gasteiger charge is -2.06. The number of aromatic nitrogens is 1. The highest BCUT2D eigenvalue weighted by molar-refractivity contribution is 7.89. The van der Waals surface area contributed by atoms with E-state index in [2.05, 4.69) is 4.98 Å². The molecular weight excluding hydrogens is 303 g/mol. The van der Waals surface area contributed by atoms with Crippen LogP contribution < -0.4 is 5.14 Å². The number of H-pyrrole nitrogens is 1. The molecule has 2 aromatic carbocycles. The zero-order chi connectivity index (χ0) is 15.7. The Morgan fingerprint density at radius 2 is 1.27 bits per heavy atom. The molecule has 0 saturated heterocycles. The van der Waals surface area contributed by atoms with E-state index < -0.39 is 10.0 Å². The molecular formula is C16H13FN2O2S. The summed E-state index contributed by atoms with van der Waals surface area (Å²) in [5, 5.41) is 5.09. The zero-order valence-corrected chi connectivity index (χ0v) is 12.3. The van der Waals surface area contributed by atoms with E-state index in [0.717, 1.165) is 22.3 Å². The number of sulfonamides is 1. The molecule has 4 nitrogen and oxygen atoms in total. The van der Waals surface area contributed by atoms with Gasteiger partial charge in [0.1, 0.15) is 5.82 Å². The maximum absolute atomic E-state index is 13.0. The second-order valence-corrected chi connectivity index (χ2v) is 6.42. The van der Waals surface area contributed by atoms with Crippen LogP contribution in [-0.2, 0) is 10.0 Å². The van der Waals surface area contributed by atoms with Crippen molar-refractivity contribution in [3.05, 3.63) is 66.7 Å². The lowest BCUT2D eigenvalue weighted by Crippen LogP contribution is -2.11. The Morgan fingerprint density at radius 1 is 0.818 bits per heavy atom. The minimum absolute atomic E-state index is 0.0649. The highest BCUT2D eigenvalue weighted by Gasteiger charge is 2.11. The molecule has 0 saturated carbocycles. The summed E-state index contributed by atoms with van der Waals surface area (Å²) in [6.07, 6.45) is 3.63. The van der Waals surface area contributed by atoms with Gasteiger partial charge in [-0.05, 0) is 35.4 Å². The standard InChI is InChI=1S/C16H13FN2O2S/c17-13-5-1-11(2-6-13)15-9-19-10-16(15)12-3-7-14(8-4-12)22(18,20)21/h1-10,19H,(H2,18,20,21). The molecule has 0 amide bonds. The van der Waals surface area contributed by atoms with Crippen LogP contribution in [0, 0.1) is 5.82 Å². The molecule has 1 heterocycles. The predicted molar refractivity (Wildman–Crippen MR) is 83.0 cm³/mol. The summed E-state index contributed by atoms with van der Waals surface area (Å²) in [5.74, 6) is -0.293. The molecule has 1 aromatic heterocycles. The van der Waals surface area contributed by atoms with Crippen LogP contribution in [-0.4, -0.2) is 13.4 Å². The fraction of sp³-hybridized carbons (Fsp3) is 0. The molecule has 0 spiro atoms. The van der Waals surface area contributed by atoms with Gasteiger partial charge >= 0.3 is 0 Å². The summed E-state index contributed by atoms with van der Waals surface area (Å²) in [6, 6.07) is 12.5. The van der Waals surface area contributed by atoms with Crippen molar-refractivity contribution >= 4 is 10.0 Å². The largest absolute Gasteiger partial charge is 0.366 e. The Kier molecular flexibility index (Phi) is 3.56. The van der Waals surface area contributed by atoms with Gasteiger partial charge in [-0.1, -0.05) is 24.3 Å². The van der Waals surface area contributed by atoms with Gasteiger partial charge in [-0.25, -0.2) is 17.9 Å². The van der Waals surface area contributed by atoms with Crippen LogP contribution >= 0.6 is 0 Å². The first-order valence-electron chi connectivity index (χ1n) is 6.51. The van der Waals surface area contributed by atoms with Crippen LogP contribution in [0.5, 0.6) is 0 Å². The van der Waals surface area contributed by atoms with E-state index in [1.165, 1.54) is 24.3 Å². The summed E-state index contributed by atoms with van der Waals surface area (Å²) < 4.78 is 35.6. The van der Waals surface area contributed by atoms with Crippen LogP contribution in [0.3, 0.4) is 0 Å². The topological polar surface area (TPSA) is 76.0 Å². The van der Waals surface area contributed by atoms with Gasteiger partial charge in [0.2, 0.25) is 10.0 Å². The molecule has 0 fully saturated rings. The summed E-state index contributed by atoms with van der Waals surface area (Å²) in [4.78, 5) is 3.08. The summed E-state index contributed by atoms with van der Waals surface area (Å²) in [7, 11) is -3.70. The molecule has 0 aliphatic heterocycles. The van der Waals surface area contributed by atoms with Gasteiger partial charge < -0.3 is 4.98 Å². The van der Waals surface area contributed by atoms with Gasteiger partial charge in [0.15, 0.2) is 0 Å². The number of benzene rings is 2. The van der Waals surface area contributed by atoms with Crippen molar-refractivity contribution in [1.29, 1.82) is 0 Å². The minimum atomic E-state index is -3.70. The normalized spacial score (nSPS) is 11.5. The summed E-state index contributed by atoms with van der Waals surface area (Å²) >= 11 is 0. The second-order valence-electron chi connectivity index (χ2n) is 4.86. The van der Waals surface area contributed by atoms with E-state index in [1.54, 1.807) is 24.3 Å². The molecule has 0 aliphatic carbocycles. The Morgan fingerprint density at radius 3 is 1.73 bits per heavy atom. The highest BCUT2D eigenvalue weighted by atomic mass is 32.2. The first-order chi connectivity index (χ1) is 10.4. The minimum Gasteiger partial charge on any atom is -0.366 e. The van der Waals surface area contributed by atoms with Crippen LogP contribution in [0.1, 0.15) is 0 Å². The number of hydrogen-bond acceptors (Lipinski definition) is 2. The first-order valence-corrected chi connectivity index (χ1v) is 8.06. The Hall–Kier alpha value is -2.44. The molecule has 0 atom stereocenters. The zero-order valence-electron chi connectivity index (χ0n) is 11.5. The summed E-state index contributed by atoms with van der Waals surface area (Å²) in [5.41, 5.74) is 3.51. The molecule has 6 heteroatoms. The maximum Gasteiger partial charge on any atom is 0.238 e. The summed E-state index contributed by atoms with van der Waals surface area (Å²) in [6.45, 7) is 0. The van der Waals surface area contributed by atoms with E-state index in [1.807, 2.05) is 12.4 Å². The van der Waals surface area contributed by atoms with Crippen molar-refractivity contribution in [2.45, 2.75) is 4.90 Å². The molecule has 0 bridgehead atoms. The molecule has 112 valence electrons. The average molecular weight is 316 g/mol. The van der Waals surface area contributed by atoms with Crippen molar-refractivity contribution in [2.75, 3.05) is 0 Å². The number of hydrogen-bond donors (Lipinski definition) is 2. The van der Waals surface area contributed by atoms with E-state index in [9.17, 15) is 12.8 Å². The highest BCUT2D eigenvalue weighted by Crippen LogP contribution is 2.32. The monoisotopic (exact) mass is 316 g/mol. The molecule has 0 aliphatic rings. The van der Waals surface area contributed by atoms with Gasteiger partial charge in [-0.2, -0.15) is 0 Å². The van der Waals surface area contributed by atoms with Crippen LogP contribution in [0.25, 0.3) is 22.3 Å². The fourth-order valence-corrected chi connectivity index (χ4v) is 2.81. The molecule has 22 heavy (non-hydrogen) atoms. The lowest BCUT2D eigenvalue weighted by molar-refractivity contribution is 0.598. The smallest absolute Gasteiger partial charge is 0.238 e.